The van der Waals surface area contributed by atoms with Gasteiger partial charge in [0.2, 0.25) is 11.8 Å². The second-order valence-corrected chi connectivity index (χ2v) is 12.4. The second-order valence-electron chi connectivity index (χ2n) is 12.4. The fourth-order valence-electron chi connectivity index (χ4n) is 6.07. The predicted molar refractivity (Wildman–Crippen MR) is 189 cm³/mol. The minimum Gasteiger partial charge on any atom is -0.338 e. The molecule has 2 amide bonds. The van der Waals surface area contributed by atoms with Crippen LogP contribution in [-0.4, -0.2) is 73.7 Å². The number of nitrogens with zero attached hydrogens (tertiary/aromatic N) is 6. The zero-order chi connectivity index (χ0) is 35.6. The summed E-state index contributed by atoms with van der Waals surface area (Å²) in [4.78, 5) is 46.9. The first kappa shape index (κ1) is 35.2. The SMILES string of the molecule is O=C(C(Cc1ccccc1)N(Cc1ccc(-c2ccccn2)cc1)C(=O)C=Cc1ccc(C(F)(F)F)cc1)N1CCN(Cc2cncnc2)CC1. The molecule has 1 aliphatic heterocycles. The number of halogens is 3. The Bertz CT molecular complexity index is 1900. The van der Waals surface area contributed by atoms with Gasteiger partial charge in [-0.15, -0.1) is 0 Å². The summed E-state index contributed by atoms with van der Waals surface area (Å²) in [6, 6.07) is 26.7. The average molecular weight is 691 g/mol. The number of hydrogen-bond donors (Lipinski definition) is 0. The molecule has 1 saturated heterocycles. The molecule has 51 heavy (non-hydrogen) atoms. The fraction of sp³-hybridized carbons (Fsp3) is 0.225. The zero-order valence-corrected chi connectivity index (χ0v) is 27.9. The van der Waals surface area contributed by atoms with Crippen LogP contribution >= 0.6 is 0 Å². The normalized spacial score (nSPS) is 14.4. The maximum Gasteiger partial charge on any atom is 0.416 e. The van der Waals surface area contributed by atoms with E-state index in [1.54, 1.807) is 23.5 Å². The summed E-state index contributed by atoms with van der Waals surface area (Å²) in [6.45, 7) is 3.07. The molecular formula is C40H37F3N6O2. The molecule has 1 fully saturated rings. The first-order valence-corrected chi connectivity index (χ1v) is 16.7. The van der Waals surface area contributed by atoms with Crippen molar-refractivity contribution >= 4 is 17.9 Å². The average Bonchev–Trinajstić information content (AvgIpc) is 3.16. The largest absolute Gasteiger partial charge is 0.416 e. The lowest BCUT2D eigenvalue weighted by molar-refractivity contribution is -0.145. The van der Waals surface area contributed by atoms with Crippen LogP contribution in [-0.2, 0) is 35.3 Å². The van der Waals surface area contributed by atoms with Gasteiger partial charge in [0.25, 0.3) is 0 Å². The Hall–Kier alpha value is -5.68. The Kier molecular flexibility index (Phi) is 11.3. The molecule has 0 spiro atoms. The molecule has 11 heteroatoms. The van der Waals surface area contributed by atoms with Crippen LogP contribution in [0, 0.1) is 0 Å². The van der Waals surface area contributed by atoms with E-state index in [0.717, 1.165) is 40.1 Å². The van der Waals surface area contributed by atoms with E-state index < -0.39 is 23.7 Å². The van der Waals surface area contributed by atoms with Crippen molar-refractivity contribution < 1.29 is 22.8 Å². The van der Waals surface area contributed by atoms with Gasteiger partial charge in [-0.25, -0.2) is 9.97 Å². The van der Waals surface area contributed by atoms with Crippen LogP contribution in [0.25, 0.3) is 17.3 Å². The number of aromatic nitrogens is 3. The van der Waals surface area contributed by atoms with E-state index in [4.69, 9.17) is 0 Å². The molecule has 6 rings (SSSR count). The number of piperazine rings is 1. The topological polar surface area (TPSA) is 82.5 Å². The highest BCUT2D eigenvalue weighted by molar-refractivity contribution is 5.95. The highest BCUT2D eigenvalue weighted by Gasteiger charge is 2.34. The van der Waals surface area contributed by atoms with Crippen molar-refractivity contribution in [1.29, 1.82) is 0 Å². The molecule has 1 unspecified atom stereocenters. The molecule has 1 aliphatic rings. The van der Waals surface area contributed by atoms with Crippen LogP contribution in [0.2, 0.25) is 0 Å². The van der Waals surface area contributed by atoms with Gasteiger partial charge in [-0.3, -0.25) is 19.5 Å². The van der Waals surface area contributed by atoms with E-state index in [1.165, 1.54) is 30.6 Å². The Labute approximate surface area is 294 Å². The molecule has 5 aromatic rings. The molecule has 0 bridgehead atoms. The number of pyridine rings is 1. The summed E-state index contributed by atoms with van der Waals surface area (Å²) < 4.78 is 39.5. The smallest absolute Gasteiger partial charge is 0.338 e. The molecule has 0 N–H and O–H groups in total. The van der Waals surface area contributed by atoms with E-state index in [0.29, 0.717) is 38.3 Å². The molecule has 260 valence electrons. The lowest BCUT2D eigenvalue weighted by Gasteiger charge is -2.39. The minimum absolute atomic E-state index is 0.135. The van der Waals surface area contributed by atoms with E-state index in [2.05, 4.69) is 19.9 Å². The van der Waals surface area contributed by atoms with Crippen LogP contribution < -0.4 is 0 Å². The number of benzene rings is 3. The van der Waals surface area contributed by atoms with Crippen molar-refractivity contribution in [3.05, 3.63) is 156 Å². The molecule has 0 aliphatic carbocycles. The number of hydrogen-bond acceptors (Lipinski definition) is 6. The van der Waals surface area contributed by atoms with Gasteiger partial charge in [-0.1, -0.05) is 72.8 Å². The Morgan fingerprint density at radius 1 is 0.784 bits per heavy atom. The predicted octanol–water partition coefficient (Wildman–Crippen LogP) is 6.56. The highest BCUT2D eigenvalue weighted by Crippen LogP contribution is 2.29. The third-order valence-corrected chi connectivity index (χ3v) is 8.84. The van der Waals surface area contributed by atoms with E-state index in [9.17, 15) is 22.8 Å². The van der Waals surface area contributed by atoms with Gasteiger partial charge in [-0.05, 0) is 47.0 Å². The maximum atomic E-state index is 14.5. The summed E-state index contributed by atoms with van der Waals surface area (Å²) in [5.41, 5.74) is 4.09. The third-order valence-electron chi connectivity index (χ3n) is 8.84. The molecule has 0 saturated carbocycles. The summed E-state index contributed by atoms with van der Waals surface area (Å²) >= 11 is 0. The first-order valence-electron chi connectivity index (χ1n) is 16.7. The van der Waals surface area contributed by atoms with Crippen molar-refractivity contribution in [2.45, 2.75) is 31.7 Å². The summed E-state index contributed by atoms with van der Waals surface area (Å²) in [5, 5.41) is 0. The Morgan fingerprint density at radius 2 is 1.47 bits per heavy atom. The second kappa shape index (κ2) is 16.4. The molecule has 3 aromatic carbocycles. The quantitative estimate of drug-likeness (QED) is 0.146. The molecular weight excluding hydrogens is 653 g/mol. The van der Waals surface area contributed by atoms with Gasteiger partial charge in [0.15, 0.2) is 0 Å². The molecule has 1 atom stereocenters. The maximum absolute atomic E-state index is 14.5. The van der Waals surface area contributed by atoms with E-state index >= 15 is 0 Å². The number of amides is 2. The molecule has 0 radical (unpaired) electrons. The van der Waals surface area contributed by atoms with Gasteiger partial charge in [-0.2, -0.15) is 13.2 Å². The highest BCUT2D eigenvalue weighted by atomic mass is 19.4. The van der Waals surface area contributed by atoms with E-state index in [-0.39, 0.29) is 18.9 Å². The lowest BCUT2D eigenvalue weighted by Crippen LogP contribution is -2.56. The minimum atomic E-state index is -4.46. The molecule has 3 heterocycles. The van der Waals surface area contributed by atoms with Crippen molar-refractivity contribution in [3.63, 3.8) is 0 Å². The lowest BCUT2D eigenvalue weighted by atomic mass is 10.0. The van der Waals surface area contributed by atoms with Crippen molar-refractivity contribution in [3.8, 4) is 11.3 Å². The number of alkyl halides is 3. The number of rotatable bonds is 11. The van der Waals surface area contributed by atoms with Gasteiger partial charge < -0.3 is 9.80 Å². The van der Waals surface area contributed by atoms with Crippen LogP contribution in [0.3, 0.4) is 0 Å². The monoisotopic (exact) mass is 690 g/mol. The van der Waals surface area contributed by atoms with Crippen LogP contribution in [0.4, 0.5) is 13.2 Å². The van der Waals surface area contributed by atoms with Crippen LogP contribution in [0.1, 0.15) is 27.8 Å². The first-order chi connectivity index (χ1) is 24.7. The third kappa shape index (κ3) is 9.52. The van der Waals surface area contributed by atoms with Gasteiger partial charge in [0.05, 0.1) is 11.3 Å². The van der Waals surface area contributed by atoms with Gasteiger partial charge in [0.1, 0.15) is 12.4 Å². The van der Waals surface area contributed by atoms with Crippen molar-refractivity contribution in [1.82, 2.24) is 29.7 Å². The Morgan fingerprint density at radius 3 is 2.12 bits per heavy atom. The summed E-state index contributed by atoms with van der Waals surface area (Å²) in [6.07, 6.45) is 5.41. The van der Waals surface area contributed by atoms with Crippen molar-refractivity contribution in [2.75, 3.05) is 26.2 Å². The standard InChI is InChI=1S/C40H37F3N6O2/c41-40(42,43)35-16-11-30(12-17-35)13-18-38(50)49(28-32-9-14-34(15-10-32)36-8-4-5-19-46-36)37(24-31-6-2-1-3-7-31)39(51)48-22-20-47(21-23-48)27-33-25-44-29-45-26-33/h1-19,25-26,29,37H,20-24,27-28H2. The van der Waals surface area contributed by atoms with Gasteiger partial charge in [0, 0.05) is 81.5 Å². The van der Waals surface area contributed by atoms with Crippen molar-refractivity contribution in [2.24, 2.45) is 0 Å². The fourth-order valence-corrected chi connectivity index (χ4v) is 6.07. The zero-order valence-electron chi connectivity index (χ0n) is 27.9. The summed E-state index contributed by atoms with van der Waals surface area (Å²) in [5.74, 6) is -0.594. The number of carbonyl (C=O) groups is 2. The number of carbonyl (C=O) groups excluding carboxylic acids is 2. The Balaban J connectivity index is 1.28. The summed E-state index contributed by atoms with van der Waals surface area (Å²) in [7, 11) is 0. The molecule has 2 aromatic heterocycles. The van der Waals surface area contributed by atoms with Crippen LogP contribution in [0.5, 0.6) is 0 Å². The van der Waals surface area contributed by atoms with Gasteiger partial charge >= 0.3 is 6.18 Å². The molecule has 8 nitrogen and oxygen atoms in total. The van der Waals surface area contributed by atoms with Crippen LogP contribution in [0.15, 0.2) is 128 Å². The van der Waals surface area contributed by atoms with E-state index in [1.807, 2.05) is 77.7 Å².